The predicted molar refractivity (Wildman–Crippen MR) is 115 cm³/mol. The molecule has 0 atom stereocenters. The van der Waals surface area contributed by atoms with Gasteiger partial charge in [0.25, 0.3) is 0 Å². The van der Waals surface area contributed by atoms with Gasteiger partial charge in [-0.25, -0.2) is 14.6 Å². The second-order valence-corrected chi connectivity index (χ2v) is 7.75. The number of aryl methyl sites for hydroxylation is 1. The zero-order valence-electron chi connectivity index (χ0n) is 16.9. The second kappa shape index (κ2) is 7.42. The fourth-order valence-electron chi connectivity index (χ4n) is 3.71. The molecule has 0 bridgehead atoms. The number of ether oxygens (including phenoxy) is 2. The Morgan fingerprint density at radius 3 is 2.73 bits per heavy atom. The van der Waals surface area contributed by atoms with E-state index >= 15 is 0 Å². The summed E-state index contributed by atoms with van der Waals surface area (Å²) in [5.74, 6) is 1.93. The van der Waals surface area contributed by atoms with Gasteiger partial charge >= 0.3 is 0 Å². The molecule has 0 unspecified atom stereocenters. The van der Waals surface area contributed by atoms with Gasteiger partial charge in [-0.1, -0.05) is 0 Å². The maximum Gasteiger partial charge on any atom is 0.241 e. The third-order valence-corrected chi connectivity index (χ3v) is 5.84. The van der Waals surface area contributed by atoms with Gasteiger partial charge in [0.15, 0.2) is 0 Å². The van der Waals surface area contributed by atoms with Crippen molar-refractivity contribution in [3.8, 4) is 28.1 Å². The van der Waals surface area contributed by atoms with E-state index in [9.17, 15) is 0 Å². The smallest absolute Gasteiger partial charge is 0.241 e. The van der Waals surface area contributed by atoms with Crippen molar-refractivity contribution in [2.24, 2.45) is 0 Å². The van der Waals surface area contributed by atoms with E-state index in [2.05, 4.69) is 20.9 Å². The lowest BCUT2D eigenvalue weighted by atomic mass is 10.1. The second-order valence-electron chi connectivity index (χ2n) is 6.85. The summed E-state index contributed by atoms with van der Waals surface area (Å²) in [4.78, 5) is 15.8. The normalized spacial score (nSPS) is 12.8. The van der Waals surface area contributed by atoms with Crippen LogP contribution in [0, 0.1) is 6.92 Å². The monoisotopic (exact) mass is 420 g/mol. The molecule has 0 amide bonds. The van der Waals surface area contributed by atoms with Crippen LogP contribution in [0.1, 0.15) is 11.3 Å². The minimum Gasteiger partial charge on any atom is -0.481 e. The van der Waals surface area contributed by atoms with E-state index in [1.807, 2.05) is 41.4 Å². The van der Waals surface area contributed by atoms with E-state index in [-0.39, 0.29) is 0 Å². The zero-order chi connectivity index (χ0) is 20.7. The molecule has 0 spiro atoms. The molecule has 30 heavy (non-hydrogen) atoms. The fraction of sp³-hybridized carbons (Fsp3) is 0.238. The van der Waals surface area contributed by atoms with Crippen LogP contribution < -0.4 is 14.4 Å². The van der Waals surface area contributed by atoms with Gasteiger partial charge < -0.3 is 14.4 Å². The zero-order valence-corrected chi connectivity index (χ0v) is 17.7. The maximum atomic E-state index is 5.52. The summed E-state index contributed by atoms with van der Waals surface area (Å²) in [6.07, 6.45) is 4.62. The van der Waals surface area contributed by atoms with Crippen molar-refractivity contribution >= 4 is 22.8 Å². The van der Waals surface area contributed by atoms with Crippen LogP contribution in [0.25, 0.3) is 16.4 Å². The molecule has 152 valence electrons. The summed E-state index contributed by atoms with van der Waals surface area (Å²) in [6, 6.07) is 7.85. The van der Waals surface area contributed by atoms with Crippen LogP contribution in [0.4, 0.5) is 11.5 Å². The van der Waals surface area contributed by atoms with E-state index in [1.165, 1.54) is 0 Å². The number of nitrogens with zero attached hydrogens (tertiary/aromatic N) is 6. The number of anilines is 2. The molecule has 0 aromatic carbocycles. The van der Waals surface area contributed by atoms with E-state index in [0.717, 1.165) is 52.1 Å². The Bertz CT molecular complexity index is 1200. The molecule has 5 rings (SSSR count). The minimum absolute atomic E-state index is 0.511. The van der Waals surface area contributed by atoms with Crippen molar-refractivity contribution in [3.63, 3.8) is 0 Å². The van der Waals surface area contributed by atoms with Crippen LogP contribution in [0.3, 0.4) is 0 Å². The Morgan fingerprint density at radius 2 is 1.97 bits per heavy atom. The van der Waals surface area contributed by atoms with E-state index in [0.29, 0.717) is 11.8 Å². The predicted octanol–water partition coefficient (Wildman–Crippen LogP) is 3.81. The summed E-state index contributed by atoms with van der Waals surface area (Å²) in [6.45, 7) is 2.78. The van der Waals surface area contributed by atoms with E-state index < -0.39 is 0 Å². The van der Waals surface area contributed by atoms with Gasteiger partial charge in [-0.05, 0) is 31.5 Å². The molecule has 9 heteroatoms. The van der Waals surface area contributed by atoms with E-state index in [4.69, 9.17) is 19.6 Å². The Labute approximate surface area is 177 Å². The Hall–Kier alpha value is -3.46. The highest BCUT2D eigenvalue weighted by Gasteiger charge is 2.29. The number of hydrogen-bond donors (Lipinski definition) is 0. The Morgan fingerprint density at radius 1 is 1.07 bits per heavy atom. The van der Waals surface area contributed by atoms with Crippen LogP contribution in [0.2, 0.25) is 0 Å². The van der Waals surface area contributed by atoms with Crippen LogP contribution in [0.5, 0.6) is 11.8 Å². The molecular formula is C21H20N6O2S. The van der Waals surface area contributed by atoms with Crippen molar-refractivity contribution in [1.29, 1.82) is 0 Å². The third kappa shape index (κ3) is 3.07. The van der Waals surface area contributed by atoms with Crippen LogP contribution in [0.15, 0.2) is 42.0 Å². The summed E-state index contributed by atoms with van der Waals surface area (Å²) >= 11 is 1.58. The molecule has 0 radical (unpaired) electrons. The van der Waals surface area contributed by atoms with Gasteiger partial charge in [-0.2, -0.15) is 10.1 Å². The number of thiazole rings is 1. The first-order chi connectivity index (χ1) is 14.7. The highest BCUT2D eigenvalue weighted by molar-refractivity contribution is 7.13. The van der Waals surface area contributed by atoms with Gasteiger partial charge in [0, 0.05) is 41.6 Å². The Balaban J connectivity index is 1.58. The summed E-state index contributed by atoms with van der Waals surface area (Å²) in [5, 5.41) is 7.62. The molecule has 5 heterocycles. The molecular weight excluding hydrogens is 400 g/mol. The highest BCUT2D eigenvalue weighted by Crippen LogP contribution is 2.40. The van der Waals surface area contributed by atoms with Gasteiger partial charge in [-0.3, -0.25) is 0 Å². The maximum absolute atomic E-state index is 5.52. The first kappa shape index (κ1) is 18.6. The van der Waals surface area contributed by atoms with Gasteiger partial charge in [0.05, 0.1) is 19.9 Å². The lowest BCUT2D eigenvalue weighted by Gasteiger charge is -2.21. The first-order valence-corrected chi connectivity index (χ1v) is 10.4. The molecule has 0 fully saturated rings. The number of fused-ring (bicyclic) bond motifs is 1. The largest absolute Gasteiger partial charge is 0.481 e. The highest BCUT2D eigenvalue weighted by atomic mass is 32.1. The number of pyridine rings is 2. The molecule has 8 nitrogen and oxygen atoms in total. The van der Waals surface area contributed by atoms with Crippen molar-refractivity contribution in [3.05, 3.63) is 53.3 Å². The van der Waals surface area contributed by atoms with Crippen molar-refractivity contribution < 1.29 is 9.47 Å². The molecule has 1 aliphatic heterocycles. The fourth-order valence-corrected chi connectivity index (χ4v) is 4.31. The quantitative estimate of drug-likeness (QED) is 0.486. The van der Waals surface area contributed by atoms with Gasteiger partial charge in [0.2, 0.25) is 11.8 Å². The standard InChI is InChI=1S/C21H20N6O2S/c1-13-12-17(27-10-7-15(25-27)21-22-8-11-30-21)14-6-9-26(19(14)23-13)16-4-5-18(28-2)24-20(16)29-3/h4-5,7-8,10-12H,6,9H2,1-3H3. The third-order valence-electron chi connectivity index (χ3n) is 5.04. The molecule has 4 aromatic heterocycles. The lowest BCUT2D eigenvalue weighted by molar-refractivity contribution is 0.365. The van der Waals surface area contributed by atoms with Gasteiger partial charge in [0.1, 0.15) is 22.2 Å². The average molecular weight is 420 g/mol. The minimum atomic E-state index is 0.511. The number of aromatic nitrogens is 5. The summed E-state index contributed by atoms with van der Waals surface area (Å²) in [5.41, 5.74) is 4.83. The molecule has 0 saturated heterocycles. The summed E-state index contributed by atoms with van der Waals surface area (Å²) < 4.78 is 12.7. The number of methoxy groups -OCH3 is 2. The van der Waals surface area contributed by atoms with Crippen molar-refractivity contribution in [2.45, 2.75) is 13.3 Å². The molecule has 0 N–H and O–H groups in total. The molecule has 0 aliphatic carbocycles. The van der Waals surface area contributed by atoms with E-state index in [1.54, 1.807) is 31.8 Å². The van der Waals surface area contributed by atoms with Crippen molar-refractivity contribution in [2.75, 3.05) is 25.7 Å². The summed E-state index contributed by atoms with van der Waals surface area (Å²) in [7, 11) is 3.20. The lowest BCUT2D eigenvalue weighted by Crippen LogP contribution is -2.16. The van der Waals surface area contributed by atoms with Crippen LogP contribution in [-0.4, -0.2) is 45.5 Å². The topological polar surface area (TPSA) is 78.2 Å². The molecule has 0 saturated carbocycles. The van der Waals surface area contributed by atoms with Crippen molar-refractivity contribution in [1.82, 2.24) is 24.7 Å². The van der Waals surface area contributed by atoms with Gasteiger partial charge in [-0.15, -0.1) is 11.3 Å². The first-order valence-electron chi connectivity index (χ1n) is 9.51. The molecule has 4 aromatic rings. The number of hydrogen-bond acceptors (Lipinski definition) is 8. The number of rotatable bonds is 5. The average Bonchev–Trinajstić information content (AvgIpc) is 3.52. The molecule has 1 aliphatic rings. The SMILES string of the molecule is COc1ccc(N2CCc3c(-n4ccc(-c5nccs5)n4)cc(C)nc32)c(OC)n1. The van der Waals surface area contributed by atoms with Crippen LogP contribution in [-0.2, 0) is 6.42 Å². The van der Waals surface area contributed by atoms with Crippen LogP contribution >= 0.6 is 11.3 Å². The Kier molecular flexibility index (Phi) is 4.59.